The average Bonchev–Trinajstić information content (AvgIpc) is 4.02. The predicted molar refractivity (Wildman–Crippen MR) is 245 cm³/mol. The molecule has 63 heavy (non-hydrogen) atoms. The number of aromatic nitrogens is 6. The number of halogens is 15. The second-order valence-corrected chi connectivity index (χ2v) is 17.3. The fourth-order valence-electron chi connectivity index (χ4n) is 4.91. The molecule has 342 valence electrons. The molecular formula is C36H29Cl5F10N8S4. The van der Waals surface area contributed by atoms with Crippen LogP contribution in [0.5, 0.6) is 0 Å². The van der Waals surface area contributed by atoms with Crippen LogP contribution in [-0.2, 0) is 12.4 Å². The molecule has 6 rings (SSSR count). The van der Waals surface area contributed by atoms with E-state index in [1.807, 2.05) is 0 Å². The molecule has 0 saturated heterocycles. The van der Waals surface area contributed by atoms with E-state index >= 15 is 0 Å². The molecule has 2 aromatic carbocycles. The van der Waals surface area contributed by atoms with E-state index in [-0.39, 0.29) is 53.5 Å². The molecule has 4 heterocycles. The van der Waals surface area contributed by atoms with Gasteiger partial charge in [0.05, 0.1) is 42.1 Å². The molecule has 0 fully saturated rings. The lowest BCUT2D eigenvalue weighted by Gasteiger charge is -2.15. The van der Waals surface area contributed by atoms with E-state index in [1.54, 1.807) is 47.3 Å². The van der Waals surface area contributed by atoms with Crippen molar-refractivity contribution in [3.8, 4) is 23.0 Å². The maximum atomic E-state index is 14.9. The zero-order valence-corrected chi connectivity index (χ0v) is 39.2. The van der Waals surface area contributed by atoms with E-state index in [0.29, 0.717) is 18.0 Å². The molecule has 6 aromatic rings. The van der Waals surface area contributed by atoms with E-state index in [9.17, 15) is 42.9 Å². The van der Waals surface area contributed by atoms with Gasteiger partial charge in [-0.25, -0.2) is 18.1 Å². The van der Waals surface area contributed by atoms with Crippen molar-refractivity contribution in [2.24, 2.45) is 11.5 Å². The summed E-state index contributed by atoms with van der Waals surface area (Å²) in [7, 11) is -4.20. The van der Waals surface area contributed by atoms with E-state index in [2.05, 4.69) is 21.8 Å². The summed E-state index contributed by atoms with van der Waals surface area (Å²) in [6.45, 7) is 2.06. The van der Waals surface area contributed by atoms with Crippen LogP contribution in [0, 0.1) is 0 Å². The Morgan fingerprint density at radius 2 is 1.02 bits per heavy atom. The van der Waals surface area contributed by atoms with Crippen LogP contribution >= 0.6 is 104 Å². The summed E-state index contributed by atoms with van der Waals surface area (Å²) in [6, 6.07) is 11.2. The Morgan fingerprint density at radius 1 is 0.635 bits per heavy atom. The Labute approximate surface area is 393 Å². The molecule has 0 aliphatic heterocycles. The van der Waals surface area contributed by atoms with Crippen LogP contribution in [0.4, 0.5) is 42.9 Å². The highest BCUT2D eigenvalue weighted by molar-refractivity contribution is 8.11. The topological polar surface area (TPSA) is 97.5 Å². The Kier molecular flexibility index (Phi) is 19.2. The molecule has 0 radical (unpaired) electrons. The fraction of sp³-hybridized carbons (Fsp3) is 0.167. The van der Waals surface area contributed by atoms with Gasteiger partial charge < -0.3 is 20.6 Å². The second kappa shape index (κ2) is 22.5. The minimum atomic E-state index is -4.69. The first-order valence-corrected chi connectivity index (χ1v) is 22.3. The van der Waals surface area contributed by atoms with Gasteiger partial charge in [0, 0.05) is 54.4 Å². The Bertz CT molecular complexity index is 2590. The fourth-order valence-corrected chi connectivity index (χ4v) is 7.47. The lowest BCUT2D eigenvalue weighted by molar-refractivity contribution is -0.138. The summed E-state index contributed by atoms with van der Waals surface area (Å²) in [5.74, 6) is 0.408. The third kappa shape index (κ3) is 13.2. The number of hydrogen-bond acceptors (Lipinski definition) is 4. The third-order valence-corrected chi connectivity index (χ3v) is 11.2. The minimum Gasteiger partial charge on any atom is -0.388 e. The van der Waals surface area contributed by atoms with Gasteiger partial charge in [0.15, 0.2) is 10.9 Å². The molecule has 0 bridgehead atoms. The molecule has 0 amide bonds. The van der Waals surface area contributed by atoms with Crippen LogP contribution < -0.4 is 11.5 Å². The molecular weight excluding hydrogens is 1040 g/mol. The van der Waals surface area contributed by atoms with Crippen molar-refractivity contribution in [1.29, 1.82) is 0 Å². The Balaban J connectivity index is 0.000000290. The SMILES string of the molecule is C/C(F)=S(/C)F.C/C(F)=S(\F)c1c(C(N)=S)nn(-c2c(Cl)cc(C(F)(F)F)cc2Cl)c1-n1cccc1.CCl.NC(=S)c1cc(-n2cccc2)n(-c2c(Cl)cc(C(F)(F)F)cc2Cl)n1. The zero-order chi connectivity index (χ0) is 47.9. The highest BCUT2D eigenvalue weighted by Gasteiger charge is 2.35. The standard InChI is InChI=1S/C17H11Cl2F5N4S2.C15H9Cl2F3N4S.C3H6F2S.CH3Cl/c1-8(20)30(24)14-12(15(25)29)26-28(16(14)27-4-2-3-5-27)13-10(18)6-9(7-11(13)19)17(21,22)23;16-9-5-8(15(18,19)20)6-10(17)13(9)24-12(23-3-1-2-4-23)7-11(22-24)14(21)25;1-3(4)6(2)5;1-2/h2-7H,1H3,(H2,25,29);1-7H,(H2,21,25);1-2H3;1H3. The molecule has 4 aromatic heterocycles. The number of benzene rings is 2. The van der Waals surface area contributed by atoms with Crippen molar-refractivity contribution >= 4 is 124 Å². The van der Waals surface area contributed by atoms with Crippen LogP contribution in [0.1, 0.15) is 36.4 Å². The molecule has 2 unspecified atom stereocenters. The summed E-state index contributed by atoms with van der Waals surface area (Å²) in [5.41, 5.74) is 9.21. The molecule has 0 spiro atoms. The summed E-state index contributed by atoms with van der Waals surface area (Å²) in [6.07, 6.45) is -0.155. The van der Waals surface area contributed by atoms with Gasteiger partial charge in [0.1, 0.15) is 48.6 Å². The third-order valence-electron chi connectivity index (χ3n) is 7.64. The van der Waals surface area contributed by atoms with Crippen LogP contribution in [0.25, 0.3) is 23.0 Å². The van der Waals surface area contributed by atoms with E-state index < -0.39 is 65.5 Å². The van der Waals surface area contributed by atoms with E-state index in [4.69, 9.17) is 82.3 Å². The monoisotopic (exact) mass is 1070 g/mol. The molecule has 8 nitrogen and oxygen atoms in total. The van der Waals surface area contributed by atoms with Crippen molar-refractivity contribution in [1.82, 2.24) is 28.7 Å². The van der Waals surface area contributed by atoms with Crippen molar-refractivity contribution in [2.75, 3.05) is 12.6 Å². The van der Waals surface area contributed by atoms with Gasteiger partial charge in [-0.2, -0.15) is 44.3 Å². The van der Waals surface area contributed by atoms with Gasteiger partial charge in [-0.15, -0.1) is 11.6 Å². The van der Waals surface area contributed by atoms with Crippen LogP contribution in [0.3, 0.4) is 0 Å². The first-order valence-electron chi connectivity index (χ1n) is 16.6. The zero-order valence-electron chi connectivity index (χ0n) is 32.1. The number of rotatable bonds is 7. The predicted octanol–water partition coefficient (Wildman–Crippen LogP) is 13.6. The first kappa shape index (κ1) is 53.7. The van der Waals surface area contributed by atoms with E-state index in [0.717, 1.165) is 30.7 Å². The lowest BCUT2D eigenvalue weighted by Crippen LogP contribution is -2.12. The highest BCUT2D eigenvalue weighted by Crippen LogP contribution is 2.43. The average molecular weight is 1070 g/mol. The van der Waals surface area contributed by atoms with Crippen LogP contribution in [-0.4, -0.2) is 61.5 Å². The van der Waals surface area contributed by atoms with Crippen molar-refractivity contribution in [3.63, 3.8) is 0 Å². The van der Waals surface area contributed by atoms with Gasteiger partial charge >= 0.3 is 12.4 Å². The molecule has 2 atom stereocenters. The summed E-state index contributed by atoms with van der Waals surface area (Å²) >= 11 is 38.9. The number of nitrogens with zero attached hydrogens (tertiary/aromatic N) is 6. The smallest absolute Gasteiger partial charge is 0.388 e. The van der Waals surface area contributed by atoms with Crippen LogP contribution in [0.15, 0.2) is 84.3 Å². The summed E-state index contributed by atoms with van der Waals surface area (Å²) in [4.78, 5) is -0.593. The van der Waals surface area contributed by atoms with Gasteiger partial charge in [0.2, 0.25) is 0 Å². The molecule has 27 heteroatoms. The molecule has 0 aliphatic carbocycles. The van der Waals surface area contributed by atoms with Crippen molar-refractivity contribution < 1.29 is 42.9 Å². The maximum absolute atomic E-state index is 14.9. The van der Waals surface area contributed by atoms with Crippen molar-refractivity contribution in [3.05, 3.63) is 122 Å². The van der Waals surface area contributed by atoms with Gasteiger partial charge in [-0.3, -0.25) is 0 Å². The normalized spacial score (nSPS) is 12.7. The molecule has 4 N–H and O–H groups in total. The lowest BCUT2D eigenvalue weighted by atomic mass is 10.2. The second-order valence-electron chi connectivity index (χ2n) is 11.8. The number of hydrogen-bond donors (Lipinski definition) is 2. The summed E-state index contributed by atoms with van der Waals surface area (Å²) in [5, 5.41) is 5.43. The highest BCUT2D eigenvalue weighted by atomic mass is 35.5. The first-order chi connectivity index (χ1) is 29.3. The number of thiocarbonyl (C=S) groups is 2. The Morgan fingerprint density at radius 3 is 1.35 bits per heavy atom. The molecule has 0 saturated carbocycles. The van der Waals surface area contributed by atoms with E-state index in [1.165, 1.54) is 34.3 Å². The summed E-state index contributed by atoms with van der Waals surface area (Å²) < 4.78 is 135. The van der Waals surface area contributed by atoms with Crippen LogP contribution in [0.2, 0.25) is 20.1 Å². The molecule has 0 aliphatic rings. The van der Waals surface area contributed by atoms with Gasteiger partial charge in [-0.1, -0.05) is 70.8 Å². The minimum absolute atomic E-state index is 0.0336. The maximum Gasteiger partial charge on any atom is 0.416 e. The number of nitrogens with two attached hydrogens (primary N) is 2. The van der Waals surface area contributed by atoms with Crippen molar-refractivity contribution in [2.45, 2.75) is 31.1 Å². The quantitative estimate of drug-likeness (QED) is 0.0715. The van der Waals surface area contributed by atoms with Gasteiger partial charge in [0.25, 0.3) is 0 Å². The largest absolute Gasteiger partial charge is 0.416 e. The van der Waals surface area contributed by atoms with Gasteiger partial charge in [-0.05, 0) is 62.4 Å². The number of alkyl halides is 7. The Hall–Kier alpha value is -3.61.